The number of nitrogens with zero attached hydrogens (tertiary/aromatic N) is 2. The number of hydrogen-bond acceptors (Lipinski definition) is 2. The van der Waals surface area contributed by atoms with Crippen molar-refractivity contribution in [1.29, 1.82) is 0 Å². The molecule has 4 nitrogen and oxygen atoms in total. The Bertz CT molecular complexity index is 1050. The van der Waals surface area contributed by atoms with E-state index in [0.29, 0.717) is 12.1 Å². The normalized spacial score (nSPS) is 10.9. The van der Waals surface area contributed by atoms with Crippen molar-refractivity contribution in [3.8, 4) is 11.4 Å². The second-order valence-electron chi connectivity index (χ2n) is 5.84. The van der Waals surface area contributed by atoms with E-state index in [2.05, 4.69) is 4.57 Å². The molecule has 0 aliphatic carbocycles. The van der Waals surface area contributed by atoms with Crippen molar-refractivity contribution >= 4 is 17.0 Å². The van der Waals surface area contributed by atoms with Crippen LogP contribution in [-0.2, 0) is 6.54 Å². The summed E-state index contributed by atoms with van der Waals surface area (Å²) >= 11 is 0. The Balaban J connectivity index is 1.91. The van der Waals surface area contributed by atoms with Gasteiger partial charge < -0.3 is 9.67 Å². The first-order chi connectivity index (χ1) is 12.2. The first-order valence-electron chi connectivity index (χ1n) is 8.06. The maximum Gasteiger partial charge on any atom is 0.336 e. The average molecular weight is 328 g/mol. The van der Waals surface area contributed by atoms with Crippen LogP contribution in [-0.4, -0.2) is 20.6 Å². The number of hydrogen-bond donors (Lipinski definition) is 1. The Hall–Kier alpha value is -3.40. The zero-order valence-corrected chi connectivity index (χ0v) is 13.5. The fourth-order valence-corrected chi connectivity index (χ4v) is 3.08. The third-order valence-electron chi connectivity index (χ3n) is 4.26. The van der Waals surface area contributed by atoms with Crippen LogP contribution < -0.4 is 0 Å². The van der Waals surface area contributed by atoms with E-state index in [1.165, 1.54) is 0 Å². The lowest BCUT2D eigenvalue weighted by molar-refractivity contribution is 0.0695. The summed E-state index contributed by atoms with van der Waals surface area (Å²) in [6.45, 7) is 0.452. The second-order valence-corrected chi connectivity index (χ2v) is 5.84. The van der Waals surface area contributed by atoms with Crippen molar-refractivity contribution in [2.45, 2.75) is 6.54 Å². The monoisotopic (exact) mass is 328 g/mol. The predicted molar refractivity (Wildman–Crippen MR) is 97.7 cm³/mol. The van der Waals surface area contributed by atoms with E-state index in [1.807, 2.05) is 66.7 Å². The Morgan fingerprint density at radius 2 is 1.56 bits per heavy atom. The van der Waals surface area contributed by atoms with Crippen molar-refractivity contribution in [1.82, 2.24) is 9.55 Å². The number of fused-ring (bicyclic) bond motifs is 1. The highest BCUT2D eigenvalue weighted by atomic mass is 16.4. The molecule has 0 amide bonds. The van der Waals surface area contributed by atoms with Crippen LogP contribution in [0, 0.1) is 0 Å². The first kappa shape index (κ1) is 15.1. The molecule has 0 radical (unpaired) electrons. The zero-order valence-electron chi connectivity index (χ0n) is 13.5. The number of rotatable bonds is 4. The van der Waals surface area contributed by atoms with Crippen LogP contribution in [0.2, 0.25) is 0 Å². The summed E-state index contributed by atoms with van der Waals surface area (Å²) in [5, 5.41) is 9.47. The number of aromatic carboxylic acids is 1. The molecule has 4 aromatic rings. The van der Waals surface area contributed by atoms with E-state index in [4.69, 9.17) is 4.98 Å². The molecule has 122 valence electrons. The minimum atomic E-state index is -0.915. The molecule has 0 spiro atoms. The molecular formula is C21H16N2O2. The molecule has 0 aliphatic heterocycles. The Labute approximate surface area is 145 Å². The molecule has 0 unspecified atom stereocenters. The molecule has 0 aliphatic rings. The summed E-state index contributed by atoms with van der Waals surface area (Å²) in [4.78, 5) is 16.3. The third kappa shape index (κ3) is 2.78. The molecule has 0 bridgehead atoms. The highest BCUT2D eigenvalue weighted by Gasteiger charge is 2.15. The highest BCUT2D eigenvalue weighted by Crippen LogP contribution is 2.26. The minimum absolute atomic E-state index is 0.319. The molecule has 0 fully saturated rings. The maximum atomic E-state index is 11.5. The summed E-state index contributed by atoms with van der Waals surface area (Å²) in [5.41, 5.74) is 3.97. The lowest BCUT2D eigenvalue weighted by Crippen LogP contribution is -2.08. The lowest BCUT2D eigenvalue weighted by Gasteiger charge is -2.11. The van der Waals surface area contributed by atoms with Gasteiger partial charge in [-0.1, -0.05) is 60.7 Å². The predicted octanol–water partition coefficient (Wildman–Crippen LogP) is 4.45. The summed E-state index contributed by atoms with van der Waals surface area (Å²) in [5.74, 6) is -0.0803. The molecule has 4 heteroatoms. The van der Waals surface area contributed by atoms with Crippen LogP contribution in [0.3, 0.4) is 0 Å². The summed E-state index contributed by atoms with van der Waals surface area (Å²) < 4.78 is 2.08. The Morgan fingerprint density at radius 3 is 2.36 bits per heavy atom. The average Bonchev–Trinajstić information content (AvgIpc) is 3.01. The zero-order chi connectivity index (χ0) is 17.2. The van der Waals surface area contributed by atoms with E-state index in [-0.39, 0.29) is 0 Å². The van der Waals surface area contributed by atoms with Crippen molar-refractivity contribution < 1.29 is 9.90 Å². The fourth-order valence-electron chi connectivity index (χ4n) is 3.08. The Morgan fingerprint density at radius 1 is 0.880 bits per heavy atom. The van der Waals surface area contributed by atoms with Gasteiger partial charge in [-0.25, -0.2) is 9.78 Å². The van der Waals surface area contributed by atoms with Gasteiger partial charge in [0.1, 0.15) is 5.82 Å². The summed E-state index contributed by atoms with van der Waals surface area (Å²) in [6, 6.07) is 25.0. The van der Waals surface area contributed by atoms with E-state index in [1.54, 1.807) is 12.1 Å². The molecule has 0 atom stereocenters. The van der Waals surface area contributed by atoms with Crippen LogP contribution in [0.5, 0.6) is 0 Å². The number of carbonyl (C=O) groups is 1. The number of aromatic nitrogens is 2. The topological polar surface area (TPSA) is 55.1 Å². The van der Waals surface area contributed by atoms with Gasteiger partial charge in [-0.15, -0.1) is 0 Å². The minimum Gasteiger partial charge on any atom is -0.478 e. The van der Waals surface area contributed by atoms with Gasteiger partial charge in [0.15, 0.2) is 0 Å². The van der Waals surface area contributed by atoms with Crippen LogP contribution in [0.15, 0.2) is 78.9 Å². The van der Waals surface area contributed by atoms with Gasteiger partial charge in [0.25, 0.3) is 0 Å². The van der Waals surface area contributed by atoms with Crippen LogP contribution >= 0.6 is 0 Å². The summed E-state index contributed by atoms with van der Waals surface area (Å²) in [6.07, 6.45) is 0. The van der Waals surface area contributed by atoms with Gasteiger partial charge in [-0.2, -0.15) is 0 Å². The number of para-hydroxylation sites is 2. The van der Waals surface area contributed by atoms with Gasteiger partial charge in [0, 0.05) is 5.56 Å². The number of imidazole rings is 1. The standard InChI is InChI=1S/C21H16N2O2/c24-21(25)17-11-5-4-10-16(17)14-23-19-13-7-6-12-18(19)22-20(23)15-8-2-1-3-9-15/h1-13H,14H2,(H,24,25). The molecule has 1 N–H and O–H groups in total. The molecule has 0 saturated carbocycles. The van der Waals surface area contributed by atoms with Gasteiger partial charge in [-0.05, 0) is 23.8 Å². The molecule has 3 aromatic carbocycles. The fraction of sp³-hybridized carbons (Fsp3) is 0.0476. The van der Waals surface area contributed by atoms with E-state index in [0.717, 1.165) is 28.0 Å². The van der Waals surface area contributed by atoms with E-state index < -0.39 is 5.97 Å². The smallest absolute Gasteiger partial charge is 0.336 e. The number of benzene rings is 3. The van der Waals surface area contributed by atoms with Gasteiger partial charge in [0.05, 0.1) is 23.1 Å². The Kier molecular flexibility index (Phi) is 3.78. The molecule has 25 heavy (non-hydrogen) atoms. The van der Waals surface area contributed by atoms with E-state index in [9.17, 15) is 9.90 Å². The number of carboxylic acids is 1. The molecular weight excluding hydrogens is 312 g/mol. The third-order valence-corrected chi connectivity index (χ3v) is 4.26. The molecule has 4 rings (SSSR count). The number of carboxylic acid groups (broad SMARTS) is 1. The van der Waals surface area contributed by atoms with Gasteiger partial charge in [-0.3, -0.25) is 0 Å². The van der Waals surface area contributed by atoms with Crippen LogP contribution in [0.4, 0.5) is 0 Å². The largest absolute Gasteiger partial charge is 0.478 e. The van der Waals surface area contributed by atoms with Crippen LogP contribution in [0.25, 0.3) is 22.4 Å². The van der Waals surface area contributed by atoms with Crippen molar-refractivity contribution in [2.24, 2.45) is 0 Å². The summed E-state index contributed by atoms with van der Waals surface area (Å²) in [7, 11) is 0. The van der Waals surface area contributed by atoms with Gasteiger partial charge in [0.2, 0.25) is 0 Å². The van der Waals surface area contributed by atoms with Crippen molar-refractivity contribution in [3.63, 3.8) is 0 Å². The van der Waals surface area contributed by atoms with Crippen LogP contribution in [0.1, 0.15) is 15.9 Å². The SMILES string of the molecule is O=C(O)c1ccccc1Cn1c(-c2ccccc2)nc2ccccc21. The molecule has 1 aromatic heterocycles. The highest BCUT2D eigenvalue weighted by molar-refractivity contribution is 5.89. The lowest BCUT2D eigenvalue weighted by atomic mass is 10.1. The molecule has 1 heterocycles. The first-order valence-corrected chi connectivity index (χ1v) is 8.06. The van der Waals surface area contributed by atoms with E-state index >= 15 is 0 Å². The second kappa shape index (κ2) is 6.24. The molecule has 0 saturated heterocycles. The van der Waals surface area contributed by atoms with Crippen molar-refractivity contribution in [2.75, 3.05) is 0 Å². The van der Waals surface area contributed by atoms with Crippen molar-refractivity contribution in [3.05, 3.63) is 90.0 Å². The van der Waals surface area contributed by atoms with Gasteiger partial charge >= 0.3 is 5.97 Å². The quantitative estimate of drug-likeness (QED) is 0.602. The maximum absolute atomic E-state index is 11.5.